The van der Waals surface area contributed by atoms with Gasteiger partial charge in [-0.3, -0.25) is 4.79 Å². The number of rotatable bonds is 3. The summed E-state index contributed by atoms with van der Waals surface area (Å²) in [6.45, 7) is 1.34. The van der Waals surface area contributed by atoms with Gasteiger partial charge in [0.1, 0.15) is 5.25 Å². The van der Waals surface area contributed by atoms with E-state index in [0.29, 0.717) is 4.47 Å². The van der Waals surface area contributed by atoms with Gasteiger partial charge in [-0.1, -0.05) is 0 Å². The lowest BCUT2D eigenvalue weighted by Crippen LogP contribution is -2.26. The lowest BCUT2D eigenvalue weighted by Gasteiger charge is -2.05. The van der Waals surface area contributed by atoms with Crippen LogP contribution in [0, 0.1) is 0 Å². The molecule has 0 radical (unpaired) electrons. The third kappa shape index (κ3) is 2.24. The van der Waals surface area contributed by atoms with Gasteiger partial charge in [0.2, 0.25) is 5.78 Å². The summed E-state index contributed by atoms with van der Waals surface area (Å²) in [6, 6.07) is 1.54. The normalized spacial score (nSPS) is 13.9. The van der Waals surface area contributed by atoms with Crippen LogP contribution in [0.25, 0.3) is 0 Å². The molecule has 0 aliphatic heterocycles. The molecule has 0 saturated heterocycles. The molecule has 4 nitrogen and oxygen atoms in total. The maximum atomic E-state index is 11.6. The first kappa shape index (κ1) is 11.5. The Kier molecular flexibility index (Phi) is 3.16. The molecule has 0 amide bonds. The fourth-order valence-electron chi connectivity index (χ4n) is 0.849. The molecule has 6 heteroatoms. The minimum Gasteiger partial charge on any atom is -0.460 e. The van der Waals surface area contributed by atoms with Crippen LogP contribution >= 0.6 is 15.9 Å². The number of hydrogen-bond acceptors (Lipinski definition) is 4. The van der Waals surface area contributed by atoms with E-state index in [1.165, 1.54) is 13.2 Å². The Hall–Kier alpha value is -0.620. The van der Waals surface area contributed by atoms with Crippen LogP contribution in [0.4, 0.5) is 0 Å². The van der Waals surface area contributed by atoms with Crippen molar-refractivity contribution in [2.45, 2.75) is 12.2 Å². The Bertz CT molecular complexity index is 446. The number of halogens is 1. The van der Waals surface area contributed by atoms with Gasteiger partial charge in [-0.2, -0.15) is 0 Å². The zero-order chi connectivity index (χ0) is 10.9. The number of Topliss-reactive ketones (excluding diaryl/α,β-unsaturated/α-hetero) is 1. The highest BCUT2D eigenvalue weighted by Gasteiger charge is 2.28. The van der Waals surface area contributed by atoms with E-state index in [2.05, 4.69) is 15.9 Å². The summed E-state index contributed by atoms with van der Waals surface area (Å²) in [5.74, 6) is -0.493. The smallest absolute Gasteiger partial charge is 0.216 e. The van der Waals surface area contributed by atoms with E-state index in [4.69, 9.17) is 4.42 Å². The van der Waals surface area contributed by atoms with E-state index in [-0.39, 0.29) is 5.76 Å². The molecule has 1 heterocycles. The fourth-order valence-corrected chi connectivity index (χ4v) is 1.74. The minimum absolute atomic E-state index is 0.0444. The number of carbonyl (C=O) groups is 1. The molecule has 1 atom stereocenters. The molecular weight excluding hydrogens is 272 g/mol. The van der Waals surface area contributed by atoms with Crippen LogP contribution in [0.5, 0.6) is 0 Å². The van der Waals surface area contributed by atoms with Gasteiger partial charge in [0.05, 0.1) is 10.7 Å². The summed E-state index contributed by atoms with van der Waals surface area (Å²) in [6.07, 6.45) is 2.35. The fraction of sp³-hybridized carbons (Fsp3) is 0.375. The van der Waals surface area contributed by atoms with Gasteiger partial charge in [-0.25, -0.2) is 8.42 Å². The molecule has 0 bridgehead atoms. The van der Waals surface area contributed by atoms with Gasteiger partial charge < -0.3 is 4.42 Å². The second kappa shape index (κ2) is 3.86. The minimum atomic E-state index is -3.38. The van der Waals surface area contributed by atoms with Crippen molar-refractivity contribution in [3.05, 3.63) is 22.6 Å². The van der Waals surface area contributed by atoms with Gasteiger partial charge in [0, 0.05) is 6.26 Å². The summed E-state index contributed by atoms with van der Waals surface area (Å²) < 4.78 is 27.6. The molecule has 14 heavy (non-hydrogen) atoms. The van der Waals surface area contributed by atoms with E-state index < -0.39 is 20.9 Å². The number of furan rings is 1. The molecule has 0 N–H and O–H groups in total. The van der Waals surface area contributed by atoms with Crippen molar-refractivity contribution in [1.82, 2.24) is 0 Å². The van der Waals surface area contributed by atoms with Crippen molar-refractivity contribution in [1.29, 1.82) is 0 Å². The van der Waals surface area contributed by atoms with Crippen LogP contribution in [-0.4, -0.2) is 25.7 Å². The highest BCUT2D eigenvalue weighted by molar-refractivity contribution is 9.10. The van der Waals surface area contributed by atoms with Gasteiger partial charge >= 0.3 is 0 Å². The average molecular weight is 281 g/mol. The van der Waals surface area contributed by atoms with Crippen LogP contribution in [0.1, 0.15) is 17.5 Å². The summed E-state index contributed by atoms with van der Waals surface area (Å²) in [4.78, 5) is 11.6. The van der Waals surface area contributed by atoms with Crippen LogP contribution in [0.2, 0.25) is 0 Å². The standard InChI is InChI=1S/C8H9BrO4S/c1-5(14(2,11)12)7(10)8-6(9)3-4-13-8/h3-5H,1-2H3. The first-order chi connectivity index (χ1) is 6.34. The SMILES string of the molecule is CC(C(=O)c1occc1Br)S(C)(=O)=O. The molecular formula is C8H9BrO4S. The van der Waals surface area contributed by atoms with Gasteiger partial charge in [-0.15, -0.1) is 0 Å². The molecule has 0 aliphatic carbocycles. The molecule has 0 aliphatic rings. The van der Waals surface area contributed by atoms with Crippen LogP contribution in [-0.2, 0) is 9.84 Å². The first-order valence-electron chi connectivity index (χ1n) is 3.80. The highest BCUT2D eigenvalue weighted by Crippen LogP contribution is 2.20. The lowest BCUT2D eigenvalue weighted by atomic mass is 10.2. The molecule has 0 spiro atoms. The third-order valence-electron chi connectivity index (χ3n) is 1.85. The van der Waals surface area contributed by atoms with E-state index in [9.17, 15) is 13.2 Å². The predicted octanol–water partition coefficient (Wildman–Crippen LogP) is 1.66. The first-order valence-corrected chi connectivity index (χ1v) is 6.55. The molecule has 0 aromatic carbocycles. The quantitative estimate of drug-likeness (QED) is 0.790. The number of hydrogen-bond donors (Lipinski definition) is 0. The van der Waals surface area contributed by atoms with E-state index in [1.54, 1.807) is 6.07 Å². The lowest BCUT2D eigenvalue weighted by molar-refractivity contribution is 0.0964. The number of ketones is 1. The maximum Gasteiger partial charge on any atom is 0.216 e. The van der Waals surface area contributed by atoms with Crippen molar-refractivity contribution in [3.8, 4) is 0 Å². The van der Waals surface area contributed by atoms with Crippen molar-refractivity contribution in [2.75, 3.05) is 6.26 Å². The Morgan fingerprint density at radius 1 is 1.57 bits per heavy atom. The summed E-state index contributed by atoms with van der Waals surface area (Å²) in [5, 5.41) is -1.08. The Morgan fingerprint density at radius 3 is 2.50 bits per heavy atom. The summed E-state index contributed by atoms with van der Waals surface area (Å²) in [5.41, 5.74) is 0. The van der Waals surface area contributed by atoms with E-state index in [1.807, 2.05) is 0 Å². The molecule has 1 unspecified atom stereocenters. The predicted molar refractivity (Wildman–Crippen MR) is 55.0 cm³/mol. The number of carbonyl (C=O) groups excluding carboxylic acids is 1. The molecule has 0 saturated carbocycles. The Balaban J connectivity index is 3.04. The van der Waals surface area contributed by atoms with Crippen molar-refractivity contribution < 1.29 is 17.6 Å². The van der Waals surface area contributed by atoms with Gasteiger partial charge in [0.25, 0.3) is 0 Å². The summed E-state index contributed by atoms with van der Waals surface area (Å²) >= 11 is 3.09. The molecule has 1 aromatic heterocycles. The zero-order valence-electron chi connectivity index (χ0n) is 7.65. The second-order valence-corrected chi connectivity index (χ2v) is 6.15. The molecule has 1 rings (SSSR count). The molecule has 0 fully saturated rings. The number of sulfone groups is 1. The van der Waals surface area contributed by atoms with E-state index in [0.717, 1.165) is 6.26 Å². The van der Waals surface area contributed by atoms with Gasteiger partial charge in [-0.05, 0) is 28.9 Å². The molecule has 78 valence electrons. The summed E-state index contributed by atoms with van der Waals surface area (Å²) in [7, 11) is -3.38. The van der Waals surface area contributed by atoms with Gasteiger partial charge in [0.15, 0.2) is 15.6 Å². The second-order valence-electron chi connectivity index (χ2n) is 2.93. The monoisotopic (exact) mass is 280 g/mol. The van der Waals surface area contributed by atoms with Crippen molar-refractivity contribution >= 4 is 31.6 Å². The third-order valence-corrected chi connectivity index (χ3v) is 3.98. The highest BCUT2D eigenvalue weighted by atomic mass is 79.9. The van der Waals surface area contributed by atoms with Crippen LogP contribution in [0.15, 0.2) is 21.2 Å². The van der Waals surface area contributed by atoms with E-state index >= 15 is 0 Å². The Morgan fingerprint density at radius 2 is 2.14 bits per heavy atom. The average Bonchev–Trinajstić information content (AvgIpc) is 2.47. The topological polar surface area (TPSA) is 64.3 Å². The van der Waals surface area contributed by atoms with Crippen molar-refractivity contribution in [3.63, 3.8) is 0 Å². The van der Waals surface area contributed by atoms with Crippen LogP contribution < -0.4 is 0 Å². The van der Waals surface area contributed by atoms with Crippen molar-refractivity contribution in [2.24, 2.45) is 0 Å². The molecule has 1 aromatic rings. The van der Waals surface area contributed by atoms with Crippen LogP contribution in [0.3, 0.4) is 0 Å². The zero-order valence-corrected chi connectivity index (χ0v) is 10.1. The maximum absolute atomic E-state index is 11.6. The largest absolute Gasteiger partial charge is 0.460 e. The Labute approximate surface area is 90.3 Å².